The van der Waals surface area contributed by atoms with E-state index in [0.717, 1.165) is 4.90 Å². The maximum Gasteiger partial charge on any atom is 0.305 e. The number of imide groups is 1. The largest absolute Gasteiger partial charge is 0.463 e. The Bertz CT molecular complexity index is 434. The molecule has 8 heteroatoms. The molecule has 1 saturated heterocycles. The van der Waals surface area contributed by atoms with Crippen molar-refractivity contribution >= 4 is 23.6 Å². The summed E-state index contributed by atoms with van der Waals surface area (Å²) in [6.07, 6.45) is 0.929. The molecule has 0 radical (unpaired) electrons. The van der Waals surface area contributed by atoms with Crippen LogP contribution in [0.4, 0.5) is 0 Å². The summed E-state index contributed by atoms with van der Waals surface area (Å²) in [6, 6.07) is 0. The first-order valence-corrected chi connectivity index (χ1v) is 8.20. The summed E-state index contributed by atoms with van der Waals surface area (Å²) < 4.78 is 15.2. The number of rotatable bonds is 13. The molecule has 0 aromatic heterocycles. The van der Waals surface area contributed by atoms with E-state index in [9.17, 15) is 19.2 Å². The Hall–Kier alpha value is -1.80. The summed E-state index contributed by atoms with van der Waals surface area (Å²) in [5.74, 6) is -1.25. The molecule has 8 nitrogen and oxygen atoms in total. The lowest BCUT2D eigenvalue weighted by atomic mass is 10.1. The van der Waals surface area contributed by atoms with E-state index in [0.29, 0.717) is 32.8 Å². The van der Waals surface area contributed by atoms with Crippen molar-refractivity contribution in [2.45, 2.75) is 39.0 Å². The topological polar surface area (TPSA) is 99.2 Å². The van der Waals surface area contributed by atoms with Crippen LogP contribution in [-0.2, 0) is 33.4 Å². The van der Waals surface area contributed by atoms with Gasteiger partial charge in [0.05, 0.1) is 26.4 Å². The van der Waals surface area contributed by atoms with E-state index < -0.39 is 5.97 Å². The Labute approximate surface area is 141 Å². The Morgan fingerprint density at radius 3 is 2.25 bits per heavy atom. The smallest absolute Gasteiger partial charge is 0.305 e. The molecule has 0 spiro atoms. The molecular weight excluding hydrogens is 318 g/mol. The predicted octanol–water partition coefficient (Wildman–Crippen LogP) is 0.471. The summed E-state index contributed by atoms with van der Waals surface area (Å²) in [5.41, 5.74) is 0. The van der Waals surface area contributed by atoms with Crippen molar-refractivity contribution in [2.24, 2.45) is 0 Å². The molecule has 1 heterocycles. The fourth-order valence-corrected chi connectivity index (χ4v) is 2.14. The normalized spacial score (nSPS) is 14.3. The molecule has 0 saturated carbocycles. The van der Waals surface area contributed by atoms with Crippen LogP contribution in [-0.4, -0.2) is 68.0 Å². The van der Waals surface area contributed by atoms with Crippen LogP contribution in [0.15, 0.2) is 0 Å². The maximum absolute atomic E-state index is 11.7. The average molecular weight is 343 g/mol. The van der Waals surface area contributed by atoms with Gasteiger partial charge in [0, 0.05) is 32.3 Å². The van der Waals surface area contributed by atoms with Gasteiger partial charge in [-0.25, -0.2) is 0 Å². The number of esters is 1. The third kappa shape index (κ3) is 8.16. The lowest BCUT2D eigenvalue weighted by Crippen LogP contribution is -2.34. The van der Waals surface area contributed by atoms with Gasteiger partial charge in [0.2, 0.25) is 11.8 Å². The Kier molecular flexibility index (Phi) is 9.86. The van der Waals surface area contributed by atoms with Crippen molar-refractivity contribution < 1.29 is 33.4 Å². The summed E-state index contributed by atoms with van der Waals surface area (Å²) >= 11 is 0. The zero-order chi connectivity index (χ0) is 17.8. The number of carbonyl (C=O) groups excluding carboxylic acids is 4. The second kappa shape index (κ2) is 11.7. The van der Waals surface area contributed by atoms with E-state index in [4.69, 9.17) is 14.2 Å². The van der Waals surface area contributed by atoms with Crippen molar-refractivity contribution in [2.75, 3.05) is 39.6 Å². The first kappa shape index (κ1) is 20.2. The van der Waals surface area contributed by atoms with Crippen molar-refractivity contribution in [3.8, 4) is 0 Å². The zero-order valence-corrected chi connectivity index (χ0v) is 14.1. The van der Waals surface area contributed by atoms with E-state index in [1.165, 1.54) is 0 Å². The number of hydrogen-bond acceptors (Lipinski definition) is 7. The summed E-state index contributed by atoms with van der Waals surface area (Å²) in [6.45, 7) is 3.76. The lowest BCUT2D eigenvalue weighted by molar-refractivity contribution is -0.146. The van der Waals surface area contributed by atoms with Crippen LogP contribution in [0.25, 0.3) is 0 Å². The first-order chi connectivity index (χ1) is 11.5. The van der Waals surface area contributed by atoms with Gasteiger partial charge in [-0.2, -0.15) is 0 Å². The third-order valence-electron chi connectivity index (χ3n) is 3.39. The van der Waals surface area contributed by atoms with Crippen molar-refractivity contribution in [3.63, 3.8) is 0 Å². The van der Waals surface area contributed by atoms with Crippen LogP contribution < -0.4 is 0 Å². The minimum absolute atomic E-state index is 0.118. The highest BCUT2D eigenvalue weighted by Crippen LogP contribution is 2.12. The monoisotopic (exact) mass is 343 g/mol. The highest BCUT2D eigenvalue weighted by Gasteiger charge is 2.30. The Morgan fingerprint density at radius 2 is 1.58 bits per heavy atom. The molecule has 1 rings (SSSR count). The molecule has 1 aliphatic rings. The molecule has 0 aromatic carbocycles. The highest BCUT2D eigenvalue weighted by molar-refractivity contribution is 6.04. The second-order valence-corrected chi connectivity index (χ2v) is 5.30. The lowest BCUT2D eigenvalue weighted by Gasteiger charge is -2.12. The van der Waals surface area contributed by atoms with E-state index in [-0.39, 0.29) is 56.4 Å². The van der Waals surface area contributed by atoms with Crippen LogP contribution in [0.2, 0.25) is 0 Å². The molecule has 0 unspecified atom stereocenters. The molecule has 1 aliphatic heterocycles. The number of carbonyl (C=O) groups is 4. The highest BCUT2D eigenvalue weighted by atomic mass is 16.6. The number of hydrogen-bond donors (Lipinski definition) is 0. The van der Waals surface area contributed by atoms with E-state index >= 15 is 0 Å². The summed E-state index contributed by atoms with van der Waals surface area (Å²) in [5, 5.41) is 0. The number of likely N-dealkylation sites (tertiary alicyclic amines) is 1. The van der Waals surface area contributed by atoms with Crippen LogP contribution in [0.3, 0.4) is 0 Å². The molecule has 24 heavy (non-hydrogen) atoms. The SMILES string of the molecule is CCOCCOCCOC(=O)CCCC(=O)CN1C(=O)CCC1=O. The van der Waals surface area contributed by atoms with Gasteiger partial charge in [-0.05, 0) is 13.3 Å². The van der Waals surface area contributed by atoms with Crippen LogP contribution in [0, 0.1) is 0 Å². The van der Waals surface area contributed by atoms with Gasteiger partial charge in [0.1, 0.15) is 6.61 Å². The standard InChI is InChI=1S/C16H25NO7/c1-2-22-8-9-23-10-11-24-16(21)5-3-4-13(18)12-17-14(19)6-7-15(17)20/h2-12H2,1H3. The molecule has 0 atom stereocenters. The van der Waals surface area contributed by atoms with E-state index in [1.54, 1.807) is 0 Å². The Morgan fingerprint density at radius 1 is 0.958 bits per heavy atom. The molecule has 0 bridgehead atoms. The predicted molar refractivity (Wildman–Crippen MR) is 83.1 cm³/mol. The van der Waals surface area contributed by atoms with Gasteiger partial charge >= 0.3 is 5.97 Å². The number of ketones is 1. The first-order valence-electron chi connectivity index (χ1n) is 8.20. The van der Waals surface area contributed by atoms with Crippen molar-refractivity contribution in [1.29, 1.82) is 0 Å². The number of ether oxygens (including phenoxy) is 3. The fourth-order valence-electron chi connectivity index (χ4n) is 2.14. The maximum atomic E-state index is 11.7. The number of amides is 2. The minimum Gasteiger partial charge on any atom is -0.463 e. The van der Waals surface area contributed by atoms with Gasteiger partial charge in [-0.3, -0.25) is 24.1 Å². The van der Waals surface area contributed by atoms with Gasteiger partial charge in [-0.15, -0.1) is 0 Å². The minimum atomic E-state index is -0.399. The number of nitrogens with zero attached hydrogens (tertiary/aromatic N) is 1. The Balaban J connectivity index is 2.01. The van der Waals surface area contributed by atoms with Crippen molar-refractivity contribution in [1.82, 2.24) is 4.90 Å². The van der Waals surface area contributed by atoms with Gasteiger partial charge in [0.25, 0.3) is 0 Å². The van der Waals surface area contributed by atoms with Gasteiger partial charge in [0.15, 0.2) is 5.78 Å². The summed E-state index contributed by atoms with van der Waals surface area (Å²) in [4.78, 5) is 47.0. The molecular formula is C16H25NO7. The number of Topliss-reactive ketones (excluding diaryl/α,β-unsaturated/α-hetero) is 1. The zero-order valence-electron chi connectivity index (χ0n) is 14.1. The average Bonchev–Trinajstić information content (AvgIpc) is 2.86. The molecule has 0 N–H and O–H groups in total. The van der Waals surface area contributed by atoms with Crippen molar-refractivity contribution in [3.05, 3.63) is 0 Å². The molecule has 1 fully saturated rings. The second-order valence-electron chi connectivity index (χ2n) is 5.30. The van der Waals surface area contributed by atoms with E-state index in [1.807, 2.05) is 6.92 Å². The third-order valence-corrected chi connectivity index (χ3v) is 3.39. The van der Waals surface area contributed by atoms with E-state index in [2.05, 4.69) is 0 Å². The fraction of sp³-hybridized carbons (Fsp3) is 0.750. The molecule has 0 aliphatic carbocycles. The molecule has 136 valence electrons. The van der Waals surface area contributed by atoms with Crippen LogP contribution in [0.1, 0.15) is 39.0 Å². The van der Waals surface area contributed by atoms with Gasteiger partial charge < -0.3 is 14.2 Å². The quantitative estimate of drug-likeness (QED) is 0.272. The molecule has 2 amide bonds. The van der Waals surface area contributed by atoms with Crippen LogP contribution >= 0.6 is 0 Å². The molecule has 0 aromatic rings. The van der Waals surface area contributed by atoms with Crippen LogP contribution in [0.5, 0.6) is 0 Å². The summed E-state index contributed by atoms with van der Waals surface area (Å²) in [7, 11) is 0. The van der Waals surface area contributed by atoms with Gasteiger partial charge in [-0.1, -0.05) is 0 Å².